The second-order valence-electron chi connectivity index (χ2n) is 4.47. The Morgan fingerprint density at radius 2 is 1.11 bits per heavy atom. The van der Waals surface area contributed by atoms with Gasteiger partial charge < -0.3 is 0 Å². The molecule has 0 saturated carbocycles. The van der Waals surface area contributed by atoms with Gasteiger partial charge in [-0.15, -0.1) is 11.8 Å². The summed E-state index contributed by atoms with van der Waals surface area (Å²) in [6, 6.07) is 21.8. The fraction of sp³-hybridized carbons (Fsp3) is 0.250. The van der Waals surface area contributed by atoms with Crippen LogP contribution < -0.4 is 0 Å². The van der Waals surface area contributed by atoms with Crippen LogP contribution >= 0.6 is 23.5 Å². The van der Waals surface area contributed by atoms with Crippen molar-refractivity contribution in [2.75, 3.05) is 11.5 Å². The minimum atomic E-state index is 0.634. The fourth-order valence-corrected chi connectivity index (χ4v) is 5.42. The van der Waals surface area contributed by atoms with Gasteiger partial charge in [-0.1, -0.05) is 60.7 Å². The highest BCUT2D eigenvalue weighted by molar-refractivity contribution is 8.06. The molecule has 0 aromatic heterocycles. The number of hydrogen-bond donors (Lipinski definition) is 0. The van der Waals surface area contributed by atoms with E-state index in [1.165, 1.54) is 22.6 Å². The summed E-state index contributed by atoms with van der Waals surface area (Å²) in [5.41, 5.74) is 2.94. The van der Waals surface area contributed by atoms with Crippen LogP contribution in [0.25, 0.3) is 0 Å². The molecule has 1 aliphatic rings. The van der Waals surface area contributed by atoms with Gasteiger partial charge in [-0.05, 0) is 11.1 Å². The Hall–Kier alpha value is -0.860. The number of thioether (sulfide) groups is 2. The molecule has 2 unspecified atom stereocenters. The summed E-state index contributed by atoms with van der Waals surface area (Å²) in [7, 11) is 0. The van der Waals surface area contributed by atoms with E-state index in [-0.39, 0.29) is 0 Å². The average Bonchev–Trinajstić information content (AvgIpc) is 2.49. The summed E-state index contributed by atoms with van der Waals surface area (Å²) in [4.78, 5) is 0. The molecule has 2 atom stereocenters. The van der Waals surface area contributed by atoms with Crippen molar-refractivity contribution in [2.45, 2.75) is 10.5 Å². The zero-order valence-corrected chi connectivity index (χ0v) is 11.8. The van der Waals surface area contributed by atoms with Crippen molar-refractivity contribution in [3.63, 3.8) is 0 Å². The molecule has 0 N–H and O–H groups in total. The van der Waals surface area contributed by atoms with E-state index in [0.29, 0.717) is 10.5 Å². The van der Waals surface area contributed by atoms with Gasteiger partial charge in [0, 0.05) is 22.0 Å². The molecule has 0 radical (unpaired) electrons. The first-order chi connectivity index (χ1) is 8.93. The molecule has 0 aliphatic carbocycles. The van der Waals surface area contributed by atoms with Crippen LogP contribution in [0.4, 0.5) is 0 Å². The second-order valence-corrected chi connectivity index (χ2v) is 6.96. The molecule has 0 spiro atoms. The van der Waals surface area contributed by atoms with Crippen molar-refractivity contribution in [2.24, 2.45) is 0 Å². The largest absolute Gasteiger partial charge is 0.159 e. The van der Waals surface area contributed by atoms with Gasteiger partial charge in [0.2, 0.25) is 0 Å². The van der Waals surface area contributed by atoms with Crippen molar-refractivity contribution < 1.29 is 0 Å². The van der Waals surface area contributed by atoms with Crippen molar-refractivity contribution in [3.05, 3.63) is 71.8 Å². The van der Waals surface area contributed by atoms with E-state index < -0.39 is 0 Å². The molecule has 2 aromatic rings. The lowest BCUT2D eigenvalue weighted by atomic mass is 10.1. The molecule has 18 heavy (non-hydrogen) atoms. The van der Waals surface area contributed by atoms with Crippen molar-refractivity contribution in [1.82, 2.24) is 0 Å². The van der Waals surface area contributed by atoms with E-state index in [1.807, 2.05) is 0 Å². The quantitative estimate of drug-likeness (QED) is 0.758. The summed E-state index contributed by atoms with van der Waals surface area (Å²) in [5, 5.41) is 1.27. The van der Waals surface area contributed by atoms with Crippen LogP contribution in [0.2, 0.25) is 0 Å². The van der Waals surface area contributed by atoms with Crippen LogP contribution in [0.15, 0.2) is 60.7 Å². The molecular formula is C16H16S2. The highest BCUT2D eigenvalue weighted by atomic mass is 32.2. The highest BCUT2D eigenvalue weighted by Crippen LogP contribution is 2.47. The minimum absolute atomic E-state index is 0.634. The Kier molecular flexibility index (Phi) is 3.96. The summed E-state index contributed by atoms with van der Waals surface area (Å²) in [6.07, 6.45) is 0. The van der Waals surface area contributed by atoms with E-state index in [9.17, 15) is 0 Å². The van der Waals surface area contributed by atoms with Crippen LogP contribution in [-0.4, -0.2) is 11.5 Å². The molecule has 1 fully saturated rings. The molecule has 1 aliphatic heterocycles. The van der Waals surface area contributed by atoms with Crippen LogP contribution in [-0.2, 0) is 0 Å². The third-order valence-electron chi connectivity index (χ3n) is 3.21. The topological polar surface area (TPSA) is 0 Å². The van der Waals surface area contributed by atoms with E-state index in [4.69, 9.17) is 0 Å². The molecule has 0 nitrogen and oxygen atoms in total. The Morgan fingerprint density at radius 3 is 1.56 bits per heavy atom. The molecule has 3 rings (SSSR count). The van der Waals surface area contributed by atoms with Crippen LogP contribution in [0.1, 0.15) is 21.6 Å². The smallest absolute Gasteiger partial charge is 0.0394 e. The van der Waals surface area contributed by atoms with Gasteiger partial charge >= 0.3 is 0 Å². The summed E-state index contributed by atoms with van der Waals surface area (Å²) in [5.74, 6) is 2.47. The third-order valence-corrected chi connectivity index (χ3v) is 6.30. The van der Waals surface area contributed by atoms with Crippen LogP contribution in [0.5, 0.6) is 0 Å². The minimum Gasteiger partial charge on any atom is -0.159 e. The standard InChI is InChI=1S/C16H16S2/c1-3-7-13(8-4-1)15-11-17-12-16(18-15)14-9-5-2-6-10-14/h1-10,15-16H,11-12H2. The Labute approximate surface area is 117 Å². The van der Waals surface area contributed by atoms with Crippen LogP contribution in [0.3, 0.4) is 0 Å². The van der Waals surface area contributed by atoms with Gasteiger partial charge in [0.25, 0.3) is 0 Å². The Morgan fingerprint density at radius 1 is 0.667 bits per heavy atom. The number of rotatable bonds is 2. The molecule has 0 bridgehead atoms. The lowest BCUT2D eigenvalue weighted by Crippen LogP contribution is -2.11. The van der Waals surface area contributed by atoms with E-state index in [2.05, 4.69) is 84.2 Å². The summed E-state index contributed by atoms with van der Waals surface area (Å²) >= 11 is 4.20. The molecule has 92 valence electrons. The van der Waals surface area contributed by atoms with Gasteiger partial charge in [0.15, 0.2) is 0 Å². The second kappa shape index (κ2) is 5.85. The number of hydrogen-bond acceptors (Lipinski definition) is 2. The molecule has 0 amide bonds. The van der Waals surface area contributed by atoms with Gasteiger partial charge in [-0.3, -0.25) is 0 Å². The Balaban J connectivity index is 1.77. The van der Waals surface area contributed by atoms with Gasteiger partial charge in [0.05, 0.1) is 0 Å². The predicted molar refractivity (Wildman–Crippen MR) is 83.3 cm³/mol. The molecule has 1 heterocycles. The lowest BCUT2D eigenvalue weighted by molar-refractivity contribution is 1.02. The third kappa shape index (κ3) is 2.76. The number of benzene rings is 2. The highest BCUT2D eigenvalue weighted by Gasteiger charge is 2.24. The van der Waals surface area contributed by atoms with Gasteiger partial charge in [-0.25, -0.2) is 0 Å². The van der Waals surface area contributed by atoms with Crippen molar-refractivity contribution in [1.29, 1.82) is 0 Å². The normalized spacial score (nSPS) is 23.8. The van der Waals surface area contributed by atoms with Crippen molar-refractivity contribution in [3.8, 4) is 0 Å². The first-order valence-corrected chi connectivity index (χ1v) is 8.36. The average molecular weight is 272 g/mol. The predicted octanol–water partition coefficient (Wildman–Crippen LogP) is 4.95. The first kappa shape index (κ1) is 12.2. The zero-order chi connectivity index (χ0) is 12.2. The lowest BCUT2D eigenvalue weighted by Gasteiger charge is -2.29. The maximum absolute atomic E-state index is 2.26. The SMILES string of the molecule is c1ccc(C2CSCC(c3ccccc3)S2)cc1. The zero-order valence-electron chi connectivity index (χ0n) is 10.2. The van der Waals surface area contributed by atoms with Crippen molar-refractivity contribution >= 4 is 23.5 Å². The van der Waals surface area contributed by atoms with Gasteiger partial charge in [0.1, 0.15) is 0 Å². The molecular weight excluding hydrogens is 256 g/mol. The summed E-state index contributed by atoms with van der Waals surface area (Å²) in [6.45, 7) is 0. The van der Waals surface area contributed by atoms with E-state index in [1.54, 1.807) is 0 Å². The maximum atomic E-state index is 2.26. The molecule has 2 aromatic carbocycles. The molecule has 1 saturated heterocycles. The Bertz CT molecular complexity index is 435. The van der Waals surface area contributed by atoms with E-state index >= 15 is 0 Å². The summed E-state index contributed by atoms with van der Waals surface area (Å²) < 4.78 is 0. The maximum Gasteiger partial charge on any atom is 0.0394 e. The van der Waals surface area contributed by atoms with Crippen LogP contribution in [0, 0.1) is 0 Å². The van der Waals surface area contributed by atoms with E-state index in [0.717, 1.165) is 0 Å². The monoisotopic (exact) mass is 272 g/mol. The fourth-order valence-electron chi connectivity index (χ4n) is 2.24. The van der Waals surface area contributed by atoms with Gasteiger partial charge in [-0.2, -0.15) is 11.8 Å². The first-order valence-electron chi connectivity index (χ1n) is 6.26. The molecule has 2 heteroatoms.